The zero-order valence-electron chi connectivity index (χ0n) is 17.4. The lowest BCUT2D eigenvalue weighted by Crippen LogP contribution is -2.29. The minimum Gasteiger partial charge on any atom is -0.459 e. The number of hydrogen-bond acceptors (Lipinski definition) is 6. The van der Waals surface area contributed by atoms with E-state index in [1.54, 1.807) is 24.5 Å². The van der Waals surface area contributed by atoms with Crippen molar-refractivity contribution in [1.29, 1.82) is 0 Å². The Hall–Kier alpha value is -4.11. The second kappa shape index (κ2) is 8.79. The lowest BCUT2D eigenvalue weighted by Gasteiger charge is -2.26. The summed E-state index contributed by atoms with van der Waals surface area (Å²) in [6, 6.07) is 19.3. The molecule has 1 saturated heterocycles. The molecule has 1 fully saturated rings. The lowest BCUT2D eigenvalue weighted by atomic mass is 10.0. The Morgan fingerprint density at radius 1 is 1.06 bits per heavy atom. The number of pyridine rings is 2. The molecule has 1 aliphatic heterocycles. The molecule has 0 radical (unpaired) electrons. The zero-order valence-corrected chi connectivity index (χ0v) is 18.2. The van der Waals surface area contributed by atoms with E-state index < -0.39 is 4.92 Å². The van der Waals surface area contributed by atoms with Crippen LogP contribution in [0.4, 0.5) is 5.69 Å². The van der Waals surface area contributed by atoms with Crippen molar-refractivity contribution in [2.24, 2.45) is 0 Å². The molecule has 1 N–H and O–H groups in total. The van der Waals surface area contributed by atoms with Crippen LogP contribution < -0.4 is 5.32 Å². The van der Waals surface area contributed by atoms with Crippen LogP contribution in [0.2, 0.25) is 0 Å². The van der Waals surface area contributed by atoms with E-state index in [-0.39, 0.29) is 17.8 Å². The van der Waals surface area contributed by atoms with Gasteiger partial charge in [-0.05, 0) is 60.2 Å². The summed E-state index contributed by atoms with van der Waals surface area (Å²) in [5.74, 6) is 1.34. The van der Waals surface area contributed by atoms with Crippen molar-refractivity contribution in [3.05, 3.63) is 112 Å². The van der Waals surface area contributed by atoms with E-state index in [1.165, 1.54) is 12.1 Å². The SMILES string of the molecule is O=[N+]([O-])c1ccc(-c2ccc([C@@H]3[C@@H](c4ccccn4)NC(=S)N3Cc3cccnc3)o2)cc1. The highest BCUT2D eigenvalue weighted by Gasteiger charge is 2.41. The second-order valence-corrected chi connectivity index (χ2v) is 8.01. The lowest BCUT2D eigenvalue weighted by molar-refractivity contribution is -0.384. The van der Waals surface area contributed by atoms with Gasteiger partial charge in [-0.2, -0.15) is 0 Å². The molecule has 0 aliphatic carbocycles. The minimum atomic E-state index is -0.420. The number of nitro groups is 1. The van der Waals surface area contributed by atoms with E-state index >= 15 is 0 Å². The predicted molar refractivity (Wildman–Crippen MR) is 126 cm³/mol. The van der Waals surface area contributed by atoms with Gasteiger partial charge < -0.3 is 14.6 Å². The molecule has 33 heavy (non-hydrogen) atoms. The minimum absolute atomic E-state index is 0.0359. The topological polar surface area (TPSA) is 97.3 Å². The molecule has 0 spiro atoms. The van der Waals surface area contributed by atoms with Crippen LogP contribution in [0.3, 0.4) is 0 Å². The highest BCUT2D eigenvalue weighted by molar-refractivity contribution is 7.80. The number of non-ortho nitro benzene ring substituents is 1. The maximum Gasteiger partial charge on any atom is 0.269 e. The van der Waals surface area contributed by atoms with Gasteiger partial charge in [0, 0.05) is 42.8 Å². The fraction of sp³-hybridized carbons (Fsp3) is 0.125. The first kappa shape index (κ1) is 20.8. The maximum absolute atomic E-state index is 11.0. The smallest absolute Gasteiger partial charge is 0.269 e. The van der Waals surface area contributed by atoms with Gasteiger partial charge in [-0.1, -0.05) is 12.1 Å². The van der Waals surface area contributed by atoms with E-state index in [0.29, 0.717) is 17.4 Å². The van der Waals surface area contributed by atoms with E-state index in [2.05, 4.69) is 20.2 Å². The molecule has 4 aromatic rings. The molecular formula is C24H19N5O3S. The summed E-state index contributed by atoms with van der Waals surface area (Å²) < 4.78 is 6.27. The molecule has 2 atom stereocenters. The summed E-state index contributed by atoms with van der Waals surface area (Å²) in [6.45, 7) is 0.557. The molecule has 9 heteroatoms. The predicted octanol–water partition coefficient (Wildman–Crippen LogP) is 4.82. The van der Waals surface area contributed by atoms with Gasteiger partial charge >= 0.3 is 0 Å². The van der Waals surface area contributed by atoms with Crippen molar-refractivity contribution in [1.82, 2.24) is 20.2 Å². The van der Waals surface area contributed by atoms with Crippen molar-refractivity contribution in [3.8, 4) is 11.3 Å². The quantitative estimate of drug-likeness (QED) is 0.250. The largest absolute Gasteiger partial charge is 0.459 e. The highest BCUT2D eigenvalue weighted by atomic mass is 32.1. The van der Waals surface area contributed by atoms with E-state index in [4.69, 9.17) is 16.6 Å². The van der Waals surface area contributed by atoms with Crippen LogP contribution >= 0.6 is 12.2 Å². The average Bonchev–Trinajstić information content (AvgIpc) is 3.45. The first-order valence-electron chi connectivity index (χ1n) is 10.3. The Balaban J connectivity index is 1.51. The van der Waals surface area contributed by atoms with Crippen molar-refractivity contribution in [2.45, 2.75) is 18.6 Å². The molecule has 1 aliphatic rings. The fourth-order valence-electron chi connectivity index (χ4n) is 3.99. The third-order valence-electron chi connectivity index (χ3n) is 5.55. The first-order chi connectivity index (χ1) is 16.1. The number of hydrogen-bond donors (Lipinski definition) is 1. The number of furan rings is 1. The normalized spacial score (nSPS) is 17.7. The van der Waals surface area contributed by atoms with Crippen molar-refractivity contribution >= 4 is 23.0 Å². The van der Waals surface area contributed by atoms with Crippen molar-refractivity contribution < 1.29 is 9.34 Å². The number of nitrogens with zero attached hydrogens (tertiary/aromatic N) is 4. The maximum atomic E-state index is 11.0. The van der Waals surface area contributed by atoms with Gasteiger partial charge in [0.15, 0.2) is 5.11 Å². The number of aromatic nitrogens is 2. The Kier molecular flexibility index (Phi) is 5.54. The van der Waals surface area contributed by atoms with Gasteiger partial charge in [0.2, 0.25) is 0 Å². The second-order valence-electron chi connectivity index (χ2n) is 7.62. The third kappa shape index (κ3) is 4.18. The number of rotatable bonds is 6. The average molecular weight is 458 g/mol. The Labute approximate surface area is 195 Å². The van der Waals surface area contributed by atoms with Crippen LogP contribution in [0.5, 0.6) is 0 Å². The van der Waals surface area contributed by atoms with E-state index in [9.17, 15) is 10.1 Å². The van der Waals surface area contributed by atoms with Crippen LogP contribution in [0.25, 0.3) is 11.3 Å². The molecule has 0 amide bonds. The monoisotopic (exact) mass is 457 g/mol. The third-order valence-corrected chi connectivity index (χ3v) is 5.91. The molecule has 0 saturated carbocycles. The fourth-order valence-corrected chi connectivity index (χ4v) is 4.29. The molecule has 1 aromatic carbocycles. The summed E-state index contributed by atoms with van der Waals surface area (Å²) >= 11 is 5.69. The molecule has 0 bridgehead atoms. The molecule has 4 heterocycles. The van der Waals surface area contributed by atoms with Crippen LogP contribution in [-0.2, 0) is 6.54 Å². The number of benzene rings is 1. The number of nitro benzene ring substituents is 1. The van der Waals surface area contributed by atoms with Crippen LogP contribution in [0, 0.1) is 10.1 Å². The van der Waals surface area contributed by atoms with Gasteiger partial charge in [-0.15, -0.1) is 0 Å². The number of thiocarbonyl (C=S) groups is 1. The van der Waals surface area contributed by atoms with Gasteiger partial charge in [0.25, 0.3) is 5.69 Å². The van der Waals surface area contributed by atoms with Gasteiger partial charge in [-0.25, -0.2) is 0 Å². The molecule has 3 aromatic heterocycles. The Bertz CT molecular complexity index is 1280. The van der Waals surface area contributed by atoms with Crippen molar-refractivity contribution in [3.63, 3.8) is 0 Å². The summed E-state index contributed by atoms with van der Waals surface area (Å²) in [5, 5.41) is 15.0. The van der Waals surface area contributed by atoms with Gasteiger partial charge in [0.05, 0.1) is 16.7 Å². The molecule has 8 nitrogen and oxygen atoms in total. The highest BCUT2D eigenvalue weighted by Crippen LogP contribution is 2.41. The van der Waals surface area contributed by atoms with Crippen molar-refractivity contribution in [2.75, 3.05) is 0 Å². The Morgan fingerprint density at radius 2 is 1.91 bits per heavy atom. The van der Waals surface area contributed by atoms with Crippen LogP contribution in [-0.4, -0.2) is 24.9 Å². The van der Waals surface area contributed by atoms with Crippen LogP contribution in [0.1, 0.15) is 29.1 Å². The van der Waals surface area contributed by atoms with Gasteiger partial charge in [-0.3, -0.25) is 20.1 Å². The standard InChI is InChI=1S/C24H19N5O3S/c30-29(31)18-8-6-17(7-9-18)20-10-11-21(32-20)23-22(19-5-1-2-13-26-19)27-24(33)28(23)15-16-4-3-12-25-14-16/h1-14,22-23H,15H2,(H,27,33)/t22-,23-/m1/s1. The zero-order chi connectivity index (χ0) is 22.8. The van der Waals surface area contributed by atoms with E-state index in [0.717, 1.165) is 22.6 Å². The summed E-state index contributed by atoms with van der Waals surface area (Å²) in [6.07, 6.45) is 5.31. The van der Waals surface area contributed by atoms with E-state index in [1.807, 2.05) is 48.7 Å². The van der Waals surface area contributed by atoms with Gasteiger partial charge in [0.1, 0.15) is 17.6 Å². The number of nitrogens with one attached hydrogen (secondary N) is 1. The molecule has 164 valence electrons. The summed E-state index contributed by atoms with van der Waals surface area (Å²) in [4.78, 5) is 21.4. The molecule has 0 unspecified atom stereocenters. The molecule has 5 rings (SSSR count). The first-order valence-corrected chi connectivity index (χ1v) is 10.7. The van der Waals surface area contributed by atoms with Crippen LogP contribution in [0.15, 0.2) is 89.7 Å². The summed E-state index contributed by atoms with van der Waals surface area (Å²) in [7, 11) is 0. The Morgan fingerprint density at radius 3 is 2.61 bits per heavy atom. The summed E-state index contributed by atoms with van der Waals surface area (Å²) in [5.41, 5.74) is 2.67. The molecular weight excluding hydrogens is 438 g/mol.